The third-order valence-electron chi connectivity index (χ3n) is 5.42. The van der Waals surface area contributed by atoms with E-state index < -0.39 is 19.0 Å². The number of hydrogen-bond donors (Lipinski definition) is 1. The molecule has 34 heavy (non-hydrogen) atoms. The number of nitrogens with zero attached hydrogens (tertiary/aromatic N) is 4. The molecule has 176 valence electrons. The van der Waals surface area contributed by atoms with Gasteiger partial charge in [-0.15, -0.1) is 0 Å². The molecule has 1 unspecified atom stereocenters. The summed E-state index contributed by atoms with van der Waals surface area (Å²) in [6, 6.07) is 7.38. The Labute approximate surface area is 201 Å². The van der Waals surface area contributed by atoms with E-state index in [0.717, 1.165) is 0 Å². The maximum atomic E-state index is 15.0. The van der Waals surface area contributed by atoms with Crippen LogP contribution < -0.4 is 10.9 Å². The van der Waals surface area contributed by atoms with E-state index in [4.69, 9.17) is 11.6 Å². The lowest BCUT2D eigenvalue weighted by molar-refractivity contribution is 0.586. The van der Waals surface area contributed by atoms with Crippen LogP contribution in [0.15, 0.2) is 42.7 Å². The molecule has 4 rings (SSSR count). The molecular weight excluding hydrogens is 479 g/mol. The van der Waals surface area contributed by atoms with E-state index in [0.29, 0.717) is 45.0 Å². The Morgan fingerprint density at radius 1 is 1.09 bits per heavy atom. The SMILES string of the molecule is CCC(Nc1c(Cl)c(C)nc2cc(F)c(-c3cnc(P(C)(C)=O)nc3)nc12)c1ccccc1F. The number of aryl methyl sites for hydroxylation is 1. The Morgan fingerprint density at radius 2 is 1.76 bits per heavy atom. The van der Waals surface area contributed by atoms with Crippen molar-refractivity contribution in [1.82, 2.24) is 19.9 Å². The summed E-state index contributed by atoms with van der Waals surface area (Å²) in [7, 11) is -2.66. The van der Waals surface area contributed by atoms with E-state index >= 15 is 4.39 Å². The fraction of sp³-hybridized carbons (Fsp3) is 0.250. The van der Waals surface area contributed by atoms with Crippen molar-refractivity contribution >= 4 is 41.0 Å². The number of halogens is 3. The Hall–Kier alpha value is -2.96. The van der Waals surface area contributed by atoms with Crippen LogP contribution in [0, 0.1) is 18.6 Å². The first kappa shape index (κ1) is 24.2. The van der Waals surface area contributed by atoms with Gasteiger partial charge in [0.1, 0.15) is 24.2 Å². The van der Waals surface area contributed by atoms with Gasteiger partial charge >= 0.3 is 0 Å². The van der Waals surface area contributed by atoms with Gasteiger partial charge < -0.3 is 9.88 Å². The number of aromatic nitrogens is 4. The second-order valence-corrected chi connectivity index (χ2v) is 11.8. The van der Waals surface area contributed by atoms with Gasteiger partial charge in [-0.3, -0.25) is 0 Å². The fourth-order valence-corrected chi connectivity index (χ4v) is 4.51. The van der Waals surface area contributed by atoms with E-state index in [-0.39, 0.29) is 17.1 Å². The van der Waals surface area contributed by atoms with Gasteiger partial charge in [-0.25, -0.2) is 28.7 Å². The second-order valence-electron chi connectivity index (χ2n) is 8.32. The molecule has 0 saturated carbocycles. The third kappa shape index (κ3) is 4.65. The Morgan fingerprint density at radius 3 is 2.38 bits per heavy atom. The molecule has 0 fully saturated rings. The number of fused-ring (bicyclic) bond motifs is 1. The average Bonchev–Trinajstić information content (AvgIpc) is 2.80. The second kappa shape index (κ2) is 9.35. The minimum atomic E-state index is -2.66. The number of benzene rings is 1. The Bertz CT molecular complexity index is 1430. The molecule has 4 aromatic rings. The first-order valence-electron chi connectivity index (χ1n) is 10.7. The van der Waals surface area contributed by atoms with E-state index in [1.807, 2.05) is 6.92 Å². The molecule has 0 amide bonds. The molecule has 0 spiro atoms. The van der Waals surface area contributed by atoms with Gasteiger partial charge in [0.2, 0.25) is 0 Å². The highest BCUT2D eigenvalue weighted by molar-refractivity contribution is 7.69. The predicted octanol–water partition coefficient (Wildman–Crippen LogP) is 6.14. The molecule has 3 heterocycles. The zero-order valence-electron chi connectivity index (χ0n) is 19.1. The summed E-state index contributed by atoms with van der Waals surface area (Å²) in [5.74, 6) is -0.949. The summed E-state index contributed by atoms with van der Waals surface area (Å²) in [5, 5.41) is 3.62. The molecule has 0 saturated heterocycles. The molecule has 1 atom stereocenters. The number of rotatable bonds is 6. The molecule has 0 bridgehead atoms. The van der Waals surface area contributed by atoms with Crippen LogP contribution in [0.1, 0.15) is 30.6 Å². The van der Waals surface area contributed by atoms with E-state index in [2.05, 4.69) is 25.3 Å². The predicted molar refractivity (Wildman–Crippen MR) is 132 cm³/mol. The van der Waals surface area contributed by atoms with Gasteiger partial charge in [-0.2, -0.15) is 0 Å². The highest BCUT2D eigenvalue weighted by Crippen LogP contribution is 2.37. The summed E-state index contributed by atoms with van der Waals surface area (Å²) in [4.78, 5) is 17.2. The molecule has 0 aliphatic carbocycles. The number of nitrogens with one attached hydrogen (secondary N) is 1. The standard InChI is InChI=1S/C24H23ClF2N5OP/c1-5-18(15-8-6-7-9-16(15)26)31-23-20(25)13(2)30-19-10-17(27)21(32-22(19)23)14-11-28-24(29-12-14)34(3,4)33/h6-12,18H,5H2,1-4H3,(H,30,31). The highest BCUT2D eigenvalue weighted by atomic mass is 35.5. The van der Waals surface area contributed by atoms with E-state index in [1.54, 1.807) is 38.5 Å². The summed E-state index contributed by atoms with van der Waals surface area (Å²) in [5.41, 5.74) is 2.58. The van der Waals surface area contributed by atoms with Crippen molar-refractivity contribution in [2.45, 2.75) is 26.3 Å². The van der Waals surface area contributed by atoms with Crippen molar-refractivity contribution in [3.8, 4) is 11.3 Å². The van der Waals surface area contributed by atoms with Crippen molar-refractivity contribution < 1.29 is 13.3 Å². The lowest BCUT2D eigenvalue weighted by Crippen LogP contribution is -2.14. The fourth-order valence-electron chi connectivity index (χ4n) is 3.65. The number of anilines is 1. The van der Waals surface area contributed by atoms with Crippen molar-refractivity contribution in [3.05, 3.63) is 70.6 Å². The molecular formula is C24H23ClF2N5OP. The van der Waals surface area contributed by atoms with Gasteiger partial charge in [-0.05, 0) is 32.7 Å². The van der Waals surface area contributed by atoms with Gasteiger partial charge in [0, 0.05) is 29.6 Å². The van der Waals surface area contributed by atoms with Crippen molar-refractivity contribution in [2.24, 2.45) is 0 Å². The first-order valence-corrected chi connectivity index (χ1v) is 13.6. The van der Waals surface area contributed by atoms with Crippen molar-refractivity contribution in [2.75, 3.05) is 18.6 Å². The minimum absolute atomic E-state index is 0.00444. The number of hydrogen-bond acceptors (Lipinski definition) is 6. The van der Waals surface area contributed by atoms with Crippen LogP contribution >= 0.6 is 18.7 Å². The summed E-state index contributed by atoms with van der Waals surface area (Å²) in [6.45, 7) is 6.75. The number of pyridine rings is 2. The average molecular weight is 502 g/mol. The van der Waals surface area contributed by atoms with Crippen molar-refractivity contribution in [3.63, 3.8) is 0 Å². The monoisotopic (exact) mass is 501 g/mol. The largest absolute Gasteiger partial charge is 0.375 e. The zero-order valence-corrected chi connectivity index (χ0v) is 20.8. The van der Waals surface area contributed by atoms with Crippen LogP contribution in [-0.2, 0) is 4.57 Å². The highest BCUT2D eigenvalue weighted by Gasteiger charge is 2.22. The lowest BCUT2D eigenvalue weighted by Gasteiger charge is -2.22. The smallest absolute Gasteiger partial charge is 0.188 e. The summed E-state index contributed by atoms with van der Waals surface area (Å²) < 4.78 is 41.7. The zero-order chi connectivity index (χ0) is 24.6. The normalized spacial score (nSPS) is 12.7. The quantitative estimate of drug-likeness (QED) is 0.320. The topological polar surface area (TPSA) is 80.7 Å². The summed E-state index contributed by atoms with van der Waals surface area (Å²) >= 11 is 6.60. The first-order chi connectivity index (χ1) is 16.1. The Balaban J connectivity index is 1.86. The molecule has 0 radical (unpaired) electrons. The van der Waals surface area contributed by atoms with Crippen LogP contribution in [0.2, 0.25) is 5.02 Å². The molecule has 6 nitrogen and oxygen atoms in total. The van der Waals surface area contributed by atoms with E-state index in [9.17, 15) is 8.96 Å². The van der Waals surface area contributed by atoms with Gasteiger partial charge in [0.15, 0.2) is 11.4 Å². The molecule has 1 aromatic carbocycles. The van der Waals surface area contributed by atoms with Crippen LogP contribution in [-0.4, -0.2) is 33.3 Å². The third-order valence-corrected chi connectivity index (χ3v) is 7.08. The maximum absolute atomic E-state index is 15.0. The molecule has 0 aliphatic rings. The summed E-state index contributed by atoms with van der Waals surface area (Å²) in [6.07, 6.45) is 3.35. The van der Waals surface area contributed by atoms with Crippen LogP contribution in [0.3, 0.4) is 0 Å². The molecule has 0 aliphatic heterocycles. The van der Waals surface area contributed by atoms with Gasteiger partial charge in [-0.1, -0.05) is 36.7 Å². The Kier molecular flexibility index (Phi) is 6.65. The lowest BCUT2D eigenvalue weighted by atomic mass is 10.0. The molecule has 10 heteroatoms. The van der Waals surface area contributed by atoms with Gasteiger partial charge in [0.25, 0.3) is 0 Å². The maximum Gasteiger partial charge on any atom is 0.188 e. The molecule has 3 aromatic heterocycles. The van der Waals surface area contributed by atoms with Crippen molar-refractivity contribution in [1.29, 1.82) is 0 Å². The van der Waals surface area contributed by atoms with Crippen LogP contribution in [0.5, 0.6) is 0 Å². The molecule has 1 N–H and O–H groups in total. The van der Waals surface area contributed by atoms with Crippen LogP contribution in [0.25, 0.3) is 22.3 Å². The van der Waals surface area contributed by atoms with Gasteiger partial charge in [0.05, 0.1) is 28.0 Å². The van der Waals surface area contributed by atoms with Crippen LogP contribution in [0.4, 0.5) is 14.5 Å². The minimum Gasteiger partial charge on any atom is -0.375 e. The van der Waals surface area contributed by atoms with E-state index in [1.165, 1.54) is 24.5 Å².